The topological polar surface area (TPSA) is 125 Å². The zero-order valence-corrected chi connectivity index (χ0v) is 22.0. The number of fused-ring (bicyclic) bond motifs is 1. The van der Waals surface area contributed by atoms with E-state index >= 15 is 0 Å². The van der Waals surface area contributed by atoms with Crippen LogP contribution in [0.2, 0.25) is 0 Å². The van der Waals surface area contributed by atoms with Crippen molar-refractivity contribution in [3.63, 3.8) is 0 Å². The summed E-state index contributed by atoms with van der Waals surface area (Å²) in [6.45, 7) is -0.434. The molecule has 0 saturated carbocycles. The van der Waals surface area contributed by atoms with Crippen LogP contribution in [0.5, 0.6) is 5.75 Å². The predicted molar refractivity (Wildman–Crippen MR) is 140 cm³/mol. The molecule has 0 aliphatic heterocycles. The number of aliphatic hydroxyl groups excluding tert-OH is 2. The average molecular weight is 579 g/mol. The van der Waals surface area contributed by atoms with Gasteiger partial charge >= 0.3 is 6.36 Å². The standard InChI is InChI=1S/C28H29F3N2O6S/c29-28(30,31)39-22-10-12-23(13-11-22)40(37,38)32-17-21(34)15-20(14-18-6-2-1-3-7-18)27(36)33-26-24-9-5-4-8-19(24)16-25(26)35/h1-13,20-21,25-26,32,34-35H,14-17H2,(H,33,36)/t20-,21+,25-,26+/m1/s1. The maximum Gasteiger partial charge on any atom is 0.573 e. The Labute approximate surface area is 229 Å². The molecule has 1 aliphatic rings. The molecule has 0 radical (unpaired) electrons. The number of carbonyl (C=O) groups is 1. The molecule has 4 rings (SSSR count). The fourth-order valence-corrected chi connectivity index (χ4v) is 5.79. The normalized spacial score (nSPS) is 18.5. The molecular weight excluding hydrogens is 549 g/mol. The Balaban J connectivity index is 1.41. The molecule has 1 amide bonds. The number of rotatable bonds is 11. The Morgan fingerprint density at radius 2 is 1.65 bits per heavy atom. The summed E-state index contributed by atoms with van der Waals surface area (Å²) in [5, 5.41) is 24.2. The Kier molecular flexibility index (Phi) is 9.14. The van der Waals surface area contributed by atoms with Crippen LogP contribution in [0.25, 0.3) is 0 Å². The third kappa shape index (κ3) is 7.81. The number of carbonyl (C=O) groups excluding carboxylic acids is 1. The lowest BCUT2D eigenvalue weighted by Gasteiger charge is -2.24. The summed E-state index contributed by atoms with van der Waals surface area (Å²) in [4.78, 5) is 13.1. The van der Waals surface area contributed by atoms with Gasteiger partial charge in [0.05, 0.1) is 23.1 Å². The van der Waals surface area contributed by atoms with E-state index in [0.29, 0.717) is 6.42 Å². The van der Waals surface area contributed by atoms with Crippen molar-refractivity contribution in [3.8, 4) is 5.75 Å². The number of alkyl halides is 3. The molecular formula is C28H29F3N2O6S. The maximum atomic E-state index is 13.4. The lowest BCUT2D eigenvalue weighted by atomic mass is 9.92. The van der Waals surface area contributed by atoms with E-state index < -0.39 is 58.8 Å². The van der Waals surface area contributed by atoms with Crippen LogP contribution in [-0.2, 0) is 27.7 Å². The minimum Gasteiger partial charge on any atom is -0.406 e. The van der Waals surface area contributed by atoms with Gasteiger partial charge in [0.15, 0.2) is 0 Å². The second-order valence-corrected chi connectivity index (χ2v) is 11.4. The van der Waals surface area contributed by atoms with Crippen LogP contribution in [0.1, 0.15) is 29.2 Å². The quantitative estimate of drug-likeness (QED) is 0.277. The molecule has 0 saturated heterocycles. The van der Waals surface area contributed by atoms with Crippen molar-refractivity contribution in [1.29, 1.82) is 0 Å². The summed E-state index contributed by atoms with van der Waals surface area (Å²) < 4.78 is 68.3. The number of ether oxygens (including phenoxy) is 1. The predicted octanol–water partition coefficient (Wildman–Crippen LogP) is 3.25. The van der Waals surface area contributed by atoms with Gasteiger partial charge in [-0.15, -0.1) is 13.2 Å². The zero-order valence-electron chi connectivity index (χ0n) is 21.2. The molecule has 214 valence electrons. The Bertz CT molecular complexity index is 1400. The van der Waals surface area contributed by atoms with Crippen LogP contribution >= 0.6 is 0 Å². The Morgan fingerprint density at radius 1 is 1.00 bits per heavy atom. The van der Waals surface area contributed by atoms with E-state index in [1.807, 2.05) is 54.6 Å². The van der Waals surface area contributed by atoms with Gasteiger partial charge in [0.25, 0.3) is 0 Å². The Hall–Kier alpha value is -3.45. The highest BCUT2D eigenvalue weighted by molar-refractivity contribution is 7.89. The van der Waals surface area contributed by atoms with Gasteiger partial charge < -0.3 is 20.3 Å². The average Bonchev–Trinajstić information content (AvgIpc) is 3.22. The van der Waals surface area contributed by atoms with Crippen molar-refractivity contribution in [2.45, 2.75) is 48.8 Å². The molecule has 4 atom stereocenters. The number of sulfonamides is 1. The van der Waals surface area contributed by atoms with Gasteiger partial charge in [-0.3, -0.25) is 4.79 Å². The third-order valence-electron chi connectivity index (χ3n) is 6.63. The van der Waals surface area contributed by atoms with Gasteiger partial charge in [0, 0.05) is 18.9 Å². The van der Waals surface area contributed by atoms with Crippen molar-refractivity contribution in [2.75, 3.05) is 6.54 Å². The molecule has 0 bridgehead atoms. The van der Waals surface area contributed by atoms with Crippen LogP contribution in [0, 0.1) is 5.92 Å². The number of benzene rings is 3. The van der Waals surface area contributed by atoms with Crippen molar-refractivity contribution >= 4 is 15.9 Å². The highest BCUT2D eigenvalue weighted by Gasteiger charge is 2.34. The molecule has 1 aliphatic carbocycles. The van der Waals surface area contributed by atoms with E-state index in [9.17, 15) is 36.6 Å². The number of aliphatic hydroxyl groups is 2. The van der Waals surface area contributed by atoms with Crippen molar-refractivity contribution in [1.82, 2.24) is 10.0 Å². The molecule has 0 fully saturated rings. The highest BCUT2D eigenvalue weighted by Crippen LogP contribution is 2.32. The lowest BCUT2D eigenvalue weighted by molar-refractivity contribution is -0.274. The number of halogens is 3. The van der Waals surface area contributed by atoms with E-state index in [0.717, 1.165) is 41.0 Å². The molecule has 0 aromatic heterocycles. The van der Waals surface area contributed by atoms with Crippen LogP contribution in [0.3, 0.4) is 0 Å². The van der Waals surface area contributed by atoms with Gasteiger partial charge in [-0.05, 0) is 53.8 Å². The highest BCUT2D eigenvalue weighted by atomic mass is 32.2. The van der Waals surface area contributed by atoms with Crippen molar-refractivity contribution < 1.29 is 41.3 Å². The van der Waals surface area contributed by atoms with Crippen LogP contribution in [0.4, 0.5) is 13.2 Å². The molecule has 12 heteroatoms. The first-order valence-corrected chi connectivity index (χ1v) is 14.0. The summed E-state index contributed by atoms with van der Waals surface area (Å²) >= 11 is 0. The molecule has 4 N–H and O–H groups in total. The monoisotopic (exact) mass is 578 g/mol. The SMILES string of the molecule is O=C(N[C@H]1c2ccccc2C[C@H]1O)[C@H](Cc1ccccc1)C[C@H](O)CNS(=O)(=O)c1ccc(OC(F)(F)F)cc1. The second-order valence-electron chi connectivity index (χ2n) is 9.60. The summed E-state index contributed by atoms with van der Waals surface area (Å²) in [5.74, 6) is -1.72. The minimum absolute atomic E-state index is 0.0912. The molecule has 8 nitrogen and oxygen atoms in total. The first-order valence-electron chi connectivity index (χ1n) is 12.5. The van der Waals surface area contributed by atoms with Gasteiger partial charge in [0.1, 0.15) is 5.75 Å². The van der Waals surface area contributed by atoms with Gasteiger partial charge in [0.2, 0.25) is 15.9 Å². The number of hydrogen-bond acceptors (Lipinski definition) is 6. The molecule has 0 heterocycles. The molecule has 0 spiro atoms. The Morgan fingerprint density at radius 3 is 2.33 bits per heavy atom. The maximum absolute atomic E-state index is 13.4. The van der Waals surface area contributed by atoms with E-state index in [2.05, 4.69) is 14.8 Å². The number of nitrogens with one attached hydrogen (secondary N) is 2. The summed E-state index contributed by atoms with van der Waals surface area (Å²) in [5.41, 5.74) is 2.60. The fourth-order valence-electron chi connectivity index (χ4n) is 4.72. The van der Waals surface area contributed by atoms with Gasteiger partial charge in [-0.2, -0.15) is 0 Å². The van der Waals surface area contributed by atoms with E-state index in [-0.39, 0.29) is 17.7 Å². The summed E-state index contributed by atoms with van der Waals surface area (Å²) in [6, 6.07) is 19.6. The van der Waals surface area contributed by atoms with Crippen LogP contribution < -0.4 is 14.8 Å². The van der Waals surface area contributed by atoms with Crippen molar-refractivity contribution in [2.24, 2.45) is 5.92 Å². The van der Waals surface area contributed by atoms with Crippen molar-refractivity contribution in [3.05, 3.63) is 95.6 Å². The third-order valence-corrected chi connectivity index (χ3v) is 8.07. The zero-order chi connectivity index (χ0) is 28.9. The molecule has 3 aromatic carbocycles. The first kappa shape index (κ1) is 29.5. The molecule has 0 unspecified atom stereocenters. The van der Waals surface area contributed by atoms with Gasteiger partial charge in [-0.25, -0.2) is 13.1 Å². The van der Waals surface area contributed by atoms with E-state index in [1.54, 1.807) is 0 Å². The molecule has 40 heavy (non-hydrogen) atoms. The fraction of sp³-hybridized carbons (Fsp3) is 0.321. The minimum atomic E-state index is -4.91. The largest absolute Gasteiger partial charge is 0.573 e. The van der Waals surface area contributed by atoms with Crippen LogP contribution in [-0.4, -0.2) is 49.7 Å². The van der Waals surface area contributed by atoms with E-state index in [4.69, 9.17) is 0 Å². The second kappa shape index (κ2) is 12.4. The summed E-state index contributed by atoms with van der Waals surface area (Å²) in [6.07, 6.45) is -6.40. The number of amides is 1. The molecule has 3 aromatic rings. The van der Waals surface area contributed by atoms with Gasteiger partial charge in [-0.1, -0.05) is 54.6 Å². The van der Waals surface area contributed by atoms with E-state index in [1.165, 1.54) is 0 Å². The number of hydrogen-bond donors (Lipinski definition) is 4. The smallest absolute Gasteiger partial charge is 0.406 e. The van der Waals surface area contributed by atoms with Crippen LogP contribution in [0.15, 0.2) is 83.8 Å². The lowest BCUT2D eigenvalue weighted by Crippen LogP contribution is -2.41. The first-order chi connectivity index (χ1) is 18.9. The summed E-state index contributed by atoms with van der Waals surface area (Å²) in [7, 11) is -4.17.